The minimum Gasteiger partial charge on any atom is -0.340 e. The minimum atomic E-state index is -0.222. The number of nitrogens with zero attached hydrogens (tertiary/aromatic N) is 3. The summed E-state index contributed by atoms with van der Waals surface area (Å²) >= 11 is 0. The van der Waals surface area contributed by atoms with Crippen molar-refractivity contribution in [1.82, 2.24) is 19.8 Å². The van der Waals surface area contributed by atoms with E-state index in [4.69, 9.17) is 0 Å². The molecule has 0 aliphatic carbocycles. The van der Waals surface area contributed by atoms with Gasteiger partial charge in [-0.25, -0.2) is 4.98 Å². The second-order valence-corrected chi connectivity index (χ2v) is 7.37. The number of H-pyrrole nitrogens is 1. The van der Waals surface area contributed by atoms with Crippen LogP contribution in [0.4, 0.5) is 0 Å². The predicted octanol–water partition coefficient (Wildman–Crippen LogP) is 2.48. The molecule has 0 radical (unpaired) electrons. The van der Waals surface area contributed by atoms with Crippen molar-refractivity contribution in [1.29, 1.82) is 0 Å². The molecule has 0 unspecified atom stereocenters. The van der Waals surface area contributed by atoms with E-state index in [-0.39, 0.29) is 29.8 Å². The Kier molecular flexibility index (Phi) is 3.98. The Morgan fingerprint density at radius 2 is 2.12 bits per heavy atom. The molecule has 2 saturated heterocycles. The number of amides is 2. The Hall–Kier alpha value is -2.37. The number of aromatic amines is 1. The largest absolute Gasteiger partial charge is 0.340 e. The van der Waals surface area contributed by atoms with Crippen molar-refractivity contribution in [3.8, 4) is 0 Å². The highest BCUT2D eigenvalue weighted by Gasteiger charge is 2.41. The molecular formula is C19H24N4O2. The van der Waals surface area contributed by atoms with Gasteiger partial charge in [-0.15, -0.1) is 0 Å². The van der Waals surface area contributed by atoms with Crippen LogP contribution in [-0.2, 0) is 9.59 Å². The number of hydrogen-bond donors (Lipinski definition) is 1. The fourth-order valence-corrected chi connectivity index (χ4v) is 4.08. The third-order valence-electron chi connectivity index (χ3n) is 5.39. The smallest absolute Gasteiger partial charge is 0.228 e. The van der Waals surface area contributed by atoms with E-state index in [1.54, 1.807) is 0 Å². The SMILES string of the molecule is CC(C)N1C[C@H](C(=O)N2CCC[C@@H]2c2nc3ccccc3[nH]2)CC1=O. The van der Waals surface area contributed by atoms with Crippen molar-refractivity contribution >= 4 is 22.8 Å². The third kappa shape index (κ3) is 2.79. The number of aromatic nitrogens is 2. The molecule has 1 aromatic carbocycles. The Balaban J connectivity index is 1.55. The number of fused-ring (bicyclic) bond motifs is 1. The minimum absolute atomic E-state index is 0.0110. The Bertz CT molecular complexity index is 780. The third-order valence-corrected chi connectivity index (χ3v) is 5.39. The van der Waals surface area contributed by atoms with Crippen LogP contribution in [0.1, 0.15) is 45.0 Å². The quantitative estimate of drug-likeness (QED) is 0.933. The van der Waals surface area contributed by atoms with E-state index in [1.807, 2.05) is 47.9 Å². The summed E-state index contributed by atoms with van der Waals surface area (Å²) in [6, 6.07) is 8.07. The first-order valence-corrected chi connectivity index (χ1v) is 9.09. The zero-order chi connectivity index (χ0) is 17.6. The maximum atomic E-state index is 13.1. The number of imidazole rings is 1. The summed E-state index contributed by atoms with van der Waals surface area (Å²) in [5.74, 6) is 0.823. The number of likely N-dealkylation sites (tertiary alicyclic amines) is 2. The Labute approximate surface area is 147 Å². The summed E-state index contributed by atoms with van der Waals surface area (Å²) in [5.41, 5.74) is 1.93. The van der Waals surface area contributed by atoms with Gasteiger partial charge in [0.2, 0.25) is 11.8 Å². The first-order chi connectivity index (χ1) is 12.0. The van der Waals surface area contributed by atoms with Crippen LogP contribution in [0.5, 0.6) is 0 Å². The van der Waals surface area contributed by atoms with Crippen molar-refractivity contribution in [2.24, 2.45) is 5.92 Å². The van der Waals surface area contributed by atoms with E-state index in [0.29, 0.717) is 13.0 Å². The lowest BCUT2D eigenvalue weighted by atomic mass is 10.1. The van der Waals surface area contributed by atoms with Gasteiger partial charge >= 0.3 is 0 Å². The lowest BCUT2D eigenvalue weighted by Crippen LogP contribution is -2.38. The van der Waals surface area contributed by atoms with E-state index in [9.17, 15) is 9.59 Å². The highest BCUT2D eigenvalue weighted by molar-refractivity contribution is 5.89. The van der Waals surface area contributed by atoms with Crippen LogP contribution in [0.2, 0.25) is 0 Å². The molecule has 0 spiro atoms. The van der Waals surface area contributed by atoms with Gasteiger partial charge in [-0.05, 0) is 38.8 Å². The van der Waals surface area contributed by atoms with Gasteiger partial charge in [-0.3, -0.25) is 9.59 Å². The van der Waals surface area contributed by atoms with Gasteiger partial charge in [0.1, 0.15) is 5.82 Å². The number of rotatable bonds is 3. The van der Waals surface area contributed by atoms with Crippen LogP contribution in [0, 0.1) is 5.92 Å². The molecule has 4 rings (SSSR count). The van der Waals surface area contributed by atoms with Gasteiger partial charge in [0.05, 0.1) is 23.0 Å². The molecule has 6 nitrogen and oxygen atoms in total. The lowest BCUT2D eigenvalue weighted by Gasteiger charge is -2.26. The van der Waals surface area contributed by atoms with Gasteiger partial charge in [-0.1, -0.05) is 12.1 Å². The van der Waals surface area contributed by atoms with Crippen LogP contribution in [0.25, 0.3) is 11.0 Å². The lowest BCUT2D eigenvalue weighted by molar-refractivity contribution is -0.136. The van der Waals surface area contributed by atoms with Crippen LogP contribution in [0.15, 0.2) is 24.3 Å². The second kappa shape index (κ2) is 6.17. The predicted molar refractivity (Wildman–Crippen MR) is 94.7 cm³/mol. The molecule has 2 aliphatic heterocycles. The number of nitrogens with one attached hydrogen (secondary N) is 1. The number of carbonyl (C=O) groups excluding carboxylic acids is 2. The molecule has 0 bridgehead atoms. The zero-order valence-electron chi connectivity index (χ0n) is 14.7. The molecule has 0 saturated carbocycles. The molecule has 1 aromatic heterocycles. The maximum Gasteiger partial charge on any atom is 0.228 e. The average molecular weight is 340 g/mol. The molecule has 3 heterocycles. The van der Waals surface area contributed by atoms with E-state index in [0.717, 1.165) is 36.2 Å². The van der Waals surface area contributed by atoms with Crippen molar-refractivity contribution in [3.05, 3.63) is 30.1 Å². The molecule has 2 amide bonds. The summed E-state index contributed by atoms with van der Waals surface area (Å²) in [6.07, 6.45) is 2.22. The second-order valence-electron chi connectivity index (χ2n) is 7.37. The fraction of sp³-hybridized carbons (Fsp3) is 0.526. The summed E-state index contributed by atoms with van der Waals surface area (Å²) in [7, 11) is 0. The molecule has 2 aromatic rings. The van der Waals surface area contributed by atoms with Gasteiger partial charge in [-0.2, -0.15) is 0 Å². The van der Waals surface area contributed by atoms with Gasteiger partial charge in [0.25, 0.3) is 0 Å². The average Bonchev–Trinajstić information content (AvgIpc) is 3.30. The molecule has 2 atom stereocenters. The van der Waals surface area contributed by atoms with E-state index in [1.165, 1.54) is 0 Å². The standard InChI is InChI=1S/C19H24N4O2/c1-12(2)23-11-13(10-17(23)24)19(25)22-9-5-8-16(22)18-20-14-6-3-4-7-15(14)21-18/h3-4,6-7,12-13,16H,5,8-11H2,1-2H3,(H,20,21)/t13-,16-/m1/s1. The van der Waals surface area contributed by atoms with E-state index >= 15 is 0 Å². The normalized spacial score (nSPS) is 24.0. The molecule has 25 heavy (non-hydrogen) atoms. The maximum absolute atomic E-state index is 13.1. The molecule has 6 heteroatoms. The Morgan fingerprint density at radius 3 is 2.84 bits per heavy atom. The molecule has 1 N–H and O–H groups in total. The monoisotopic (exact) mass is 340 g/mol. The summed E-state index contributed by atoms with van der Waals surface area (Å²) < 4.78 is 0. The number of para-hydroxylation sites is 2. The van der Waals surface area contributed by atoms with Gasteiger partial charge in [0.15, 0.2) is 0 Å². The van der Waals surface area contributed by atoms with Crippen LogP contribution in [-0.4, -0.2) is 50.7 Å². The number of hydrogen-bond acceptors (Lipinski definition) is 3. The van der Waals surface area contributed by atoms with Crippen molar-refractivity contribution in [3.63, 3.8) is 0 Å². The van der Waals surface area contributed by atoms with Crippen LogP contribution in [0.3, 0.4) is 0 Å². The molecule has 132 valence electrons. The van der Waals surface area contributed by atoms with Crippen LogP contribution < -0.4 is 0 Å². The van der Waals surface area contributed by atoms with Crippen molar-refractivity contribution < 1.29 is 9.59 Å². The fourth-order valence-electron chi connectivity index (χ4n) is 4.08. The van der Waals surface area contributed by atoms with Crippen molar-refractivity contribution in [2.75, 3.05) is 13.1 Å². The van der Waals surface area contributed by atoms with E-state index in [2.05, 4.69) is 9.97 Å². The van der Waals surface area contributed by atoms with Gasteiger partial charge in [0, 0.05) is 25.6 Å². The molecule has 2 fully saturated rings. The highest BCUT2D eigenvalue weighted by atomic mass is 16.2. The first-order valence-electron chi connectivity index (χ1n) is 9.09. The highest BCUT2D eigenvalue weighted by Crippen LogP contribution is 2.34. The van der Waals surface area contributed by atoms with E-state index < -0.39 is 0 Å². The van der Waals surface area contributed by atoms with Gasteiger partial charge < -0.3 is 14.8 Å². The summed E-state index contributed by atoms with van der Waals surface area (Å²) in [6.45, 7) is 5.28. The Morgan fingerprint density at radius 1 is 1.32 bits per heavy atom. The molecule has 2 aliphatic rings. The van der Waals surface area contributed by atoms with Crippen LogP contribution >= 0.6 is 0 Å². The zero-order valence-corrected chi connectivity index (χ0v) is 14.7. The first kappa shape index (κ1) is 16.1. The summed E-state index contributed by atoms with van der Waals surface area (Å²) in [5, 5.41) is 0. The molecular weight excluding hydrogens is 316 g/mol. The summed E-state index contributed by atoms with van der Waals surface area (Å²) in [4.78, 5) is 37.0. The van der Waals surface area contributed by atoms with Crippen molar-refractivity contribution in [2.45, 2.75) is 45.2 Å². The topological polar surface area (TPSA) is 69.3 Å². The number of benzene rings is 1. The number of carbonyl (C=O) groups is 2.